The molecule has 0 aromatic heterocycles. The topological polar surface area (TPSA) is 58.4 Å². The lowest BCUT2D eigenvalue weighted by Crippen LogP contribution is -2.44. The van der Waals surface area contributed by atoms with E-state index in [4.69, 9.17) is 5.73 Å². The van der Waals surface area contributed by atoms with E-state index in [-0.39, 0.29) is 30.4 Å². The highest BCUT2D eigenvalue weighted by atomic mass is 19.1. The third-order valence-electron chi connectivity index (χ3n) is 3.79. The number of nitrogens with two attached hydrogens (primary N) is 1. The van der Waals surface area contributed by atoms with Crippen LogP contribution in [0.4, 0.5) is 4.39 Å². The van der Waals surface area contributed by atoms with Crippen LogP contribution in [0.1, 0.15) is 31.4 Å². The van der Waals surface area contributed by atoms with E-state index in [1.807, 2.05) is 17.9 Å². The fraction of sp³-hybridized carbons (Fsp3) is 0.533. The summed E-state index contributed by atoms with van der Waals surface area (Å²) in [5.41, 5.74) is 6.79. The van der Waals surface area contributed by atoms with Crippen LogP contribution in [-0.2, 0) is 4.79 Å². The fourth-order valence-electron chi connectivity index (χ4n) is 2.70. The van der Waals surface area contributed by atoms with Crippen molar-refractivity contribution in [2.24, 2.45) is 5.73 Å². The molecule has 1 amide bonds. The molecule has 1 aromatic rings. The van der Waals surface area contributed by atoms with Crippen molar-refractivity contribution in [2.75, 3.05) is 19.6 Å². The molecule has 1 saturated heterocycles. The number of benzene rings is 1. The van der Waals surface area contributed by atoms with Crippen LogP contribution in [0, 0.1) is 5.82 Å². The van der Waals surface area contributed by atoms with Crippen molar-refractivity contribution in [1.82, 2.24) is 10.2 Å². The van der Waals surface area contributed by atoms with Gasteiger partial charge < -0.3 is 11.1 Å². The second kappa shape index (κ2) is 6.81. The smallest absolute Gasteiger partial charge is 0.234 e. The lowest BCUT2D eigenvalue weighted by molar-refractivity contribution is -0.122. The number of hydrogen-bond donors (Lipinski definition) is 2. The number of halogens is 1. The first-order valence-electron chi connectivity index (χ1n) is 7.14. The Morgan fingerprint density at radius 1 is 1.45 bits per heavy atom. The first kappa shape index (κ1) is 14.9. The highest BCUT2D eigenvalue weighted by molar-refractivity contribution is 5.78. The van der Waals surface area contributed by atoms with Crippen LogP contribution in [-0.4, -0.2) is 36.5 Å². The average molecular weight is 279 g/mol. The van der Waals surface area contributed by atoms with Crippen LogP contribution in [0.2, 0.25) is 0 Å². The Bertz CT molecular complexity index is 466. The quantitative estimate of drug-likeness (QED) is 0.876. The molecule has 0 radical (unpaired) electrons. The third kappa shape index (κ3) is 3.35. The van der Waals surface area contributed by atoms with Crippen molar-refractivity contribution in [3.8, 4) is 0 Å². The monoisotopic (exact) mass is 279 g/mol. The molecule has 2 unspecified atom stereocenters. The minimum absolute atomic E-state index is 0.0212. The van der Waals surface area contributed by atoms with Gasteiger partial charge in [0, 0.05) is 24.7 Å². The van der Waals surface area contributed by atoms with Gasteiger partial charge in [0.15, 0.2) is 0 Å². The predicted octanol–water partition coefficient (Wildman–Crippen LogP) is 1.43. The summed E-state index contributed by atoms with van der Waals surface area (Å²) >= 11 is 0. The third-order valence-corrected chi connectivity index (χ3v) is 3.79. The molecule has 1 fully saturated rings. The summed E-state index contributed by atoms with van der Waals surface area (Å²) < 4.78 is 14.1. The molecule has 1 aliphatic rings. The first-order valence-corrected chi connectivity index (χ1v) is 7.14. The van der Waals surface area contributed by atoms with Crippen LogP contribution < -0.4 is 11.1 Å². The number of amides is 1. The second-order valence-electron chi connectivity index (χ2n) is 5.21. The number of nitrogens with one attached hydrogen (secondary N) is 1. The summed E-state index contributed by atoms with van der Waals surface area (Å²) in [6.45, 7) is 3.66. The highest BCUT2D eigenvalue weighted by Crippen LogP contribution is 2.27. The molecule has 4 nitrogen and oxygen atoms in total. The maximum absolute atomic E-state index is 14.1. The predicted molar refractivity (Wildman–Crippen MR) is 76.6 cm³/mol. The molecule has 20 heavy (non-hydrogen) atoms. The Hall–Kier alpha value is -1.46. The molecule has 1 aliphatic heterocycles. The molecule has 110 valence electrons. The van der Waals surface area contributed by atoms with Gasteiger partial charge in [-0.05, 0) is 18.9 Å². The van der Waals surface area contributed by atoms with E-state index in [9.17, 15) is 9.18 Å². The van der Waals surface area contributed by atoms with E-state index in [0.717, 1.165) is 19.4 Å². The van der Waals surface area contributed by atoms with Crippen molar-refractivity contribution in [3.63, 3.8) is 0 Å². The van der Waals surface area contributed by atoms with Crippen LogP contribution >= 0.6 is 0 Å². The Morgan fingerprint density at radius 3 is 2.90 bits per heavy atom. The zero-order chi connectivity index (χ0) is 14.5. The molecule has 1 heterocycles. The Balaban J connectivity index is 2.32. The number of hydrogen-bond acceptors (Lipinski definition) is 3. The van der Waals surface area contributed by atoms with Gasteiger partial charge in [-0.1, -0.05) is 25.1 Å². The molecule has 0 spiro atoms. The Labute approximate surface area is 119 Å². The number of rotatable bonds is 4. The SMILES string of the molecule is CCC(N)C(c1ccccc1F)N1CCCNC(=O)C1. The van der Waals surface area contributed by atoms with Gasteiger partial charge in [-0.2, -0.15) is 0 Å². The van der Waals surface area contributed by atoms with E-state index in [1.165, 1.54) is 6.07 Å². The molecule has 5 heteroatoms. The lowest BCUT2D eigenvalue weighted by Gasteiger charge is -2.34. The van der Waals surface area contributed by atoms with Gasteiger partial charge >= 0.3 is 0 Å². The van der Waals surface area contributed by atoms with Crippen LogP contribution in [0.3, 0.4) is 0 Å². The second-order valence-corrected chi connectivity index (χ2v) is 5.21. The standard InChI is InChI=1S/C15H22FN3O/c1-2-13(17)15(11-6-3-4-7-12(11)16)19-9-5-8-18-14(20)10-19/h3-4,6-7,13,15H,2,5,8-10,17H2,1H3,(H,18,20). The van der Waals surface area contributed by atoms with Crippen LogP contribution in [0.15, 0.2) is 24.3 Å². The Morgan fingerprint density at radius 2 is 2.20 bits per heavy atom. The molecule has 0 aliphatic carbocycles. The van der Waals surface area contributed by atoms with Crippen molar-refractivity contribution in [1.29, 1.82) is 0 Å². The number of carbonyl (C=O) groups excluding carboxylic acids is 1. The van der Waals surface area contributed by atoms with Crippen LogP contribution in [0.5, 0.6) is 0 Å². The van der Waals surface area contributed by atoms with Crippen LogP contribution in [0.25, 0.3) is 0 Å². The van der Waals surface area contributed by atoms with Gasteiger partial charge in [0.25, 0.3) is 0 Å². The summed E-state index contributed by atoms with van der Waals surface area (Å²) in [5.74, 6) is -0.279. The zero-order valence-corrected chi connectivity index (χ0v) is 11.8. The summed E-state index contributed by atoms with van der Waals surface area (Å²) in [4.78, 5) is 13.7. The van der Waals surface area contributed by atoms with E-state index in [1.54, 1.807) is 12.1 Å². The minimum atomic E-state index is -0.259. The van der Waals surface area contributed by atoms with Gasteiger partial charge in [0.2, 0.25) is 5.91 Å². The van der Waals surface area contributed by atoms with Crippen molar-refractivity contribution in [3.05, 3.63) is 35.6 Å². The molecule has 0 saturated carbocycles. The van der Waals surface area contributed by atoms with Gasteiger partial charge in [0.05, 0.1) is 12.6 Å². The maximum atomic E-state index is 14.1. The molecule has 1 aromatic carbocycles. The maximum Gasteiger partial charge on any atom is 0.234 e. The minimum Gasteiger partial charge on any atom is -0.355 e. The van der Waals surface area contributed by atoms with Gasteiger partial charge in [-0.25, -0.2) is 4.39 Å². The molecular weight excluding hydrogens is 257 g/mol. The highest BCUT2D eigenvalue weighted by Gasteiger charge is 2.30. The zero-order valence-electron chi connectivity index (χ0n) is 11.8. The first-order chi connectivity index (χ1) is 9.63. The van der Waals surface area contributed by atoms with Crippen molar-refractivity contribution >= 4 is 5.91 Å². The number of nitrogens with zero attached hydrogens (tertiary/aromatic N) is 1. The van der Waals surface area contributed by atoms with E-state index in [0.29, 0.717) is 12.1 Å². The van der Waals surface area contributed by atoms with Gasteiger partial charge in [-0.15, -0.1) is 0 Å². The molecule has 3 N–H and O–H groups in total. The summed E-state index contributed by atoms with van der Waals surface area (Å²) in [5, 5.41) is 2.84. The molecule has 2 rings (SSSR count). The van der Waals surface area contributed by atoms with E-state index < -0.39 is 0 Å². The van der Waals surface area contributed by atoms with E-state index >= 15 is 0 Å². The van der Waals surface area contributed by atoms with Crippen molar-refractivity contribution in [2.45, 2.75) is 31.8 Å². The normalized spacial score (nSPS) is 20.1. The fourth-order valence-corrected chi connectivity index (χ4v) is 2.70. The summed E-state index contributed by atoms with van der Waals surface area (Å²) in [6.07, 6.45) is 1.59. The molecule has 0 bridgehead atoms. The Kier molecular flexibility index (Phi) is 5.09. The average Bonchev–Trinajstić information content (AvgIpc) is 2.65. The number of carbonyl (C=O) groups is 1. The largest absolute Gasteiger partial charge is 0.355 e. The summed E-state index contributed by atoms with van der Waals surface area (Å²) in [7, 11) is 0. The van der Waals surface area contributed by atoms with Gasteiger partial charge in [-0.3, -0.25) is 9.69 Å². The lowest BCUT2D eigenvalue weighted by atomic mass is 9.95. The van der Waals surface area contributed by atoms with Gasteiger partial charge in [0.1, 0.15) is 5.82 Å². The molecule has 2 atom stereocenters. The van der Waals surface area contributed by atoms with Crippen molar-refractivity contribution < 1.29 is 9.18 Å². The molecular formula is C15H22FN3O. The summed E-state index contributed by atoms with van der Waals surface area (Å²) in [6, 6.07) is 6.23. The van der Waals surface area contributed by atoms with E-state index in [2.05, 4.69) is 5.32 Å².